The third kappa shape index (κ3) is 3.81. The van der Waals surface area contributed by atoms with Crippen molar-refractivity contribution < 1.29 is 9.90 Å². The van der Waals surface area contributed by atoms with E-state index in [9.17, 15) is 4.79 Å². The van der Waals surface area contributed by atoms with Gasteiger partial charge in [0.1, 0.15) is 0 Å². The van der Waals surface area contributed by atoms with Crippen LogP contribution in [0.15, 0.2) is 30.3 Å². The number of carbonyl (C=O) groups excluding carboxylic acids is 1. The first-order chi connectivity index (χ1) is 11.7. The molecule has 2 bridgehead atoms. The first-order valence-electron chi connectivity index (χ1n) is 9.39. The van der Waals surface area contributed by atoms with Gasteiger partial charge in [0.15, 0.2) is 0 Å². The van der Waals surface area contributed by atoms with Gasteiger partial charge in [-0.05, 0) is 63.6 Å². The maximum absolute atomic E-state index is 12.7. The van der Waals surface area contributed by atoms with Crippen LogP contribution in [-0.4, -0.2) is 59.1 Å². The maximum Gasteiger partial charge on any atom is 0.253 e. The lowest BCUT2D eigenvalue weighted by Gasteiger charge is -2.42. The van der Waals surface area contributed by atoms with E-state index in [-0.39, 0.29) is 5.91 Å². The smallest absolute Gasteiger partial charge is 0.253 e. The van der Waals surface area contributed by atoms with Gasteiger partial charge in [-0.3, -0.25) is 9.69 Å². The van der Waals surface area contributed by atoms with E-state index in [0.29, 0.717) is 24.7 Å². The lowest BCUT2D eigenvalue weighted by molar-refractivity contribution is 0.0496. The normalized spacial score (nSPS) is 26.5. The Labute approximate surface area is 145 Å². The molecule has 0 saturated carbocycles. The standard InChI is InChI=1S/C20H30N2O2/c1-21(20(24)16-8-4-2-5-9-16)19-14-17-10-11-18(15-19)22(17)12-6-3-7-13-23/h2,4-5,8-9,17-19,23H,3,6-7,10-15H2,1H3. The molecule has 1 aromatic carbocycles. The van der Waals surface area contributed by atoms with Crippen LogP contribution in [0.4, 0.5) is 0 Å². The van der Waals surface area contributed by atoms with Gasteiger partial charge in [-0.1, -0.05) is 18.2 Å². The first-order valence-corrected chi connectivity index (χ1v) is 9.39. The largest absolute Gasteiger partial charge is 0.396 e. The molecular weight excluding hydrogens is 300 g/mol. The third-order valence-electron chi connectivity index (χ3n) is 5.82. The molecule has 0 aromatic heterocycles. The van der Waals surface area contributed by atoms with Crippen LogP contribution in [0.25, 0.3) is 0 Å². The molecule has 1 aromatic rings. The molecule has 4 nitrogen and oxygen atoms in total. The SMILES string of the molecule is CN(C(=O)c1ccccc1)C1CC2CCC(C1)N2CCCCCO. The molecular formula is C20H30N2O2. The van der Waals surface area contributed by atoms with Gasteiger partial charge in [-0.25, -0.2) is 0 Å². The van der Waals surface area contributed by atoms with Crippen molar-refractivity contribution in [3.05, 3.63) is 35.9 Å². The predicted octanol–water partition coefficient (Wildman–Crippen LogP) is 2.92. The number of unbranched alkanes of at least 4 members (excludes halogenated alkanes) is 2. The minimum absolute atomic E-state index is 0.149. The summed E-state index contributed by atoms with van der Waals surface area (Å²) in [5.74, 6) is 0.149. The minimum atomic E-state index is 0.149. The second-order valence-electron chi connectivity index (χ2n) is 7.31. The average Bonchev–Trinajstić information content (AvgIpc) is 2.85. The van der Waals surface area contributed by atoms with Crippen molar-refractivity contribution in [3.63, 3.8) is 0 Å². The lowest BCUT2D eigenvalue weighted by Crippen LogP contribution is -2.51. The predicted molar refractivity (Wildman–Crippen MR) is 96.0 cm³/mol. The minimum Gasteiger partial charge on any atom is -0.396 e. The molecule has 2 heterocycles. The zero-order chi connectivity index (χ0) is 16.9. The van der Waals surface area contributed by atoms with Gasteiger partial charge >= 0.3 is 0 Å². The second kappa shape index (κ2) is 8.13. The molecule has 0 spiro atoms. The Balaban J connectivity index is 1.56. The van der Waals surface area contributed by atoms with Crippen molar-refractivity contribution in [2.75, 3.05) is 20.2 Å². The van der Waals surface area contributed by atoms with Crippen molar-refractivity contribution in [2.45, 2.75) is 63.1 Å². The van der Waals surface area contributed by atoms with Gasteiger partial charge in [-0.2, -0.15) is 0 Å². The average molecular weight is 330 g/mol. The number of carbonyl (C=O) groups is 1. The summed E-state index contributed by atoms with van der Waals surface area (Å²) in [6, 6.07) is 11.3. The number of fused-ring (bicyclic) bond motifs is 2. The van der Waals surface area contributed by atoms with Crippen LogP contribution in [0.2, 0.25) is 0 Å². The number of rotatable bonds is 7. The van der Waals surface area contributed by atoms with Crippen molar-refractivity contribution in [3.8, 4) is 0 Å². The summed E-state index contributed by atoms with van der Waals surface area (Å²) in [5.41, 5.74) is 0.791. The van der Waals surface area contributed by atoms with E-state index in [1.165, 1.54) is 19.3 Å². The highest BCUT2D eigenvalue weighted by atomic mass is 16.2. The maximum atomic E-state index is 12.7. The Morgan fingerprint density at radius 2 is 1.79 bits per heavy atom. The molecule has 2 fully saturated rings. The Bertz CT molecular complexity index is 520. The van der Waals surface area contributed by atoms with Gasteiger partial charge in [0.25, 0.3) is 5.91 Å². The molecule has 2 aliphatic heterocycles. The molecule has 24 heavy (non-hydrogen) atoms. The van der Waals surface area contributed by atoms with E-state index in [1.54, 1.807) is 0 Å². The summed E-state index contributed by atoms with van der Waals surface area (Å²) in [6.07, 6.45) is 7.96. The monoisotopic (exact) mass is 330 g/mol. The summed E-state index contributed by atoms with van der Waals surface area (Å²) in [6.45, 7) is 1.46. The molecule has 132 valence electrons. The highest BCUT2D eigenvalue weighted by molar-refractivity contribution is 5.94. The molecule has 2 aliphatic rings. The van der Waals surface area contributed by atoms with Gasteiger partial charge in [0, 0.05) is 37.3 Å². The van der Waals surface area contributed by atoms with E-state index in [1.807, 2.05) is 42.3 Å². The topological polar surface area (TPSA) is 43.8 Å². The van der Waals surface area contributed by atoms with Gasteiger partial charge in [-0.15, -0.1) is 0 Å². The molecule has 1 N–H and O–H groups in total. The Kier molecular flexibility index (Phi) is 5.90. The Hall–Kier alpha value is -1.39. The van der Waals surface area contributed by atoms with Gasteiger partial charge < -0.3 is 10.0 Å². The zero-order valence-electron chi connectivity index (χ0n) is 14.7. The number of amides is 1. The lowest BCUT2D eigenvalue weighted by atomic mass is 9.95. The number of hydrogen-bond acceptors (Lipinski definition) is 3. The van der Waals surface area contributed by atoms with Crippen LogP contribution in [0.1, 0.15) is 55.3 Å². The Morgan fingerprint density at radius 3 is 2.42 bits per heavy atom. The number of aliphatic hydroxyl groups is 1. The molecule has 2 unspecified atom stereocenters. The zero-order valence-corrected chi connectivity index (χ0v) is 14.7. The van der Waals surface area contributed by atoms with Crippen LogP contribution >= 0.6 is 0 Å². The van der Waals surface area contributed by atoms with Crippen LogP contribution in [0.5, 0.6) is 0 Å². The van der Waals surface area contributed by atoms with Crippen molar-refractivity contribution in [2.24, 2.45) is 0 Å². The molecule has 4 heteroatoms. The summed E-state index contributed by atoms with van der Waals surface area (Å²) < 4.78 is 0. The highest BCUT2D eigenvalue weighted by Gasteiger charge is 2.42. The number of benzene rings is 1. The summed E-state index contributed by atoms with van der Waals surface area (Å²) in [4.78, 5) is 17.3. The Morgan fingerprint density at radius 1 is 1.12 bits per heavy atom. The van der Waals surface area contributed by atoms with Crippen molar-refractivity contribution in [1.29, 1.82) is 0 Å². The van der Waals surface area contributed by atoms with Crippen LogP contribution in [0.3, 0.4) is 0 Å². The molecule has 2 saturated heterocycles. The fourth-order valence-electron chi connectivity index (χ4n) is 4.46. The first kappa shape index (κ1) is 17.4. The van der Waals surface area contributed by atoms with E-state index in [0.717, 1.165) is 37.8 Å². The van der Waals surface area contributed by atoms with Gasteiger partial charge in [0.05, 0.1) is 0 Å². The van der Waals surface area contributed by atoms with E-state index in [4.69, 9.17) is 5.11 Å². The van der Waals surface area contributed by atoms with Crippen LogP contribution in [-0.2, 0) is 0 Å². The van der Waals surface area contributed by atoms with Gasteiger partial charge in [0.2, 0.25) is 0 Å². The van der Waals surface area contributed by atoms with Crippen molar-refractivity contribution in [1.82, 2.24) is 9.80 Å². The third-order valence-corrected chi connectivity index (χ3v) is 5.82. The fraction of sp³-hybridized carbons (Fsp3) is 0.650. The van der Waals surface area contributed by atoms with Crippen LogP contribution < -0.4 is 0 Å². The molecule has 0 aliphatic carbocycles. The quantitative estimate of drug-likeness (QED) is 0.782. The molecule has 1 amide bonds. The summed E-state index contributed by atoms with van der Waals surface area (Å²) in [7, 11) is 1.97. The molecule has 0 radical (unpaired) electrons. The molecule has 3 rings (SSSR count). The van der Waals surface area contributed by atoms with E-state index >= 15 is 0 Å². The number of hydrogen-bond donors (Lipinski definition) is 1. The summed E-state index contributed by atoms with van der Waals surface area (Å²) in [5, 5.41) is 8.91. The molecule has 2 atom stereocenters. The van der Waals surface area contributed by atoms with Crippen LogP contribution in [0, 0.1) is 0 Å². The highest BCUT2D eigenvalue weighted by Crippen LogP contribution is 2.37. The number of piperidine rings is 1. The summed E-state index contributed by atoms with van der Waals surface area (Å²) >= 11 is 0. The second-order valence-corrected chi connectivity index (χ2v) is 7.31. The number of nitrogens with zero attached hydrogens (tertiary/aromatic N) is 2. The number of aliphatic hydroxyl groups excluding tert-OH is 1. The van der Waals surface area contributed by atoms with E-state index in [2.05, 4.69) is 4.90 Å². The van der Waals surface area contributed by atoms with E-state index < -0.39 is 0 Å². The van der Waals surface area contributed by atoms with Crippen molar-refractivity contribution >= 4 is 5.91 Å². The fourth-order valence-corrected chi connectivity index (χ4v) is 4.46.